The molecule has 4 aromatic rings. The second-order valence-electron chi connectivity index (χ2n) is 13.3. The van der Waals surface area contributed by atoms with E-state index < -0.39 is 25.7 Å². The van der Waals surface area contributed by atoms with Crippen molar-refractivity contribution in [2.45, 2.75) is 81.4 Å². The average Bonchev–Trinajstić information content (AvgIpc) is 2.92. The molecule has 4 aromatic carbocycles. The minimum atomic E-state index is -3.99. The number of hydrogen-bond acceptors (Lipinski definition) is 6. The van der Waals surface area contributed by atoms with Gasteiger partial charge in [-0.1, -0.05) is 104 Å². The first kappa shape index (κ1) is 32.3. The molecule has 0 atom stereocenters. The van der Waals surface area contributed by atoms with Gasteiger partial charge < -0.3 is 8.37 Å². The molecule has 0 aliphatic rings. The van der Waals surface area contributed by atoms with Gasteiger partial charge in [-0.2, -0.15) is 16.8 Å². The first-order valence-corrected chi connectivity index (χ1v) is 16.9. The number of rotatable bonds is 8. The summed E-state index contributed by atoms with van der Waals surface area (Å²) >= 11 is 0. The third-order valence-electron chi connectivity index (χ3n) is 7.58. The van der Waals surface area contributed by atoms with Crippen molar-refractivity contribution >= 4 is 20.2 Å². The van der Waals surface area contributed by atoms with Crippen molar-refractivity contribution in [2.75, 3.05) is 0 Å². The monoisotopic (exact) mass is 620 g/mol. The Kier molecular flexibility index (Phi) is 8.61. The predicted octanol–water partition coefficient (Wildman–Crippen LogP) is 8.14. The molecule has 0 N–H and O–H groups in total. The fourth-order valence-electron chi connectivity index (χ4n) is 4.61. The molecule has 0 aliphatic heterocycles. The van der Waals surface area contributed by atoms with Gasteiger partial charge in [0.1, 0.15) is 21.3 Å². The predicted molar refractivity (Wildman–Crippen MR) is 171 cm³/mol. The molecule has 0 heterocycles. The lowest BCUT2D eigenvalue weighted by atomic mass is 9.78. The third kappa shape index (κ3) is 7.48. The van der Waals surface area contributed by atoms with E-state index in [9.17, 15) is 16.8 Å². The largest absolute Gasteiger partial charge is 0.379 e. The van der Waals surface area contributed by atoms with E-state index >= 15 is 0 Å². The van der Waals surface area contributed by atoms with Crippen LogP contribution in [-0.4, -0.2) is 16.8 Å². The van der Waals surface area contributed by atoms with Crippen LogP contribution in [0.2, 0.25) is 0 Å². The molecule has 0 unspecified atom stereocenters. The van der Waals surface area contributed by atoms with E-state index in [1.165, 1.54) is 0 Å². The highest BCUT2D eigenvalue weighted by Crippen LogP contribution is 2.34. The zero-order chi connectivity index (χ0) is 31.8. The summed E-state index contributed by atoms with van der Waals surface area (Å²) in [5.41, 5.74) is 3.26. The smallest absolute Gasteiger partial charge is 0.339 e. The molecule has 0 aliphatic carbocycles. The minimum Gasteiger partial charge on any atom is -0.379 e. The van der Waals surface area contributed by atoms with Gasteiger partial charge in [0.05, 0.1) is 0 Å². The molecule has 0 aromatic heterocycles. The topological polar surface area (TPSA) is 86.7 Å². The molecule has 0 saturated carbocycles. The highest BCUT2D eigenvalue weighted by atomic mass is 32.2. The molecular weight excluding hydrogens is 581 g/mol. The van der Waals surface area contributed by atoms with E-state index in [4.69, 9.17) is 8.37 Å². The highest BCUT2D eigenvalue weighted by Gasteiger charge is 2.25. The number of benzene rings is 4. The second-order valence-corrected chi connectivity index (χ2v) is 16.4. The van der Waals surface area contributed by atoms with Crippen molar-refractivity contribution in [1.29, 1.82) is 0 Å². The third-order valence-corrected chi connectivity index (χ3v) is 10.1. The summed E-state index contributed by atoms with van der Waals surface area (Å²) in [6.45, 7) is 16.5. The Morgan fingerprint density at radius 1 is 0.395 bits per heavy atom. The van der Waals surface area contributed by atoms with Gasteiger partial charge in [-0.15, -0.1) is 0 Å². The van der Waals surface area contributed by atoms with Gasteiger partial charge in [-0.05, 0) is 81.6 Å². The lowest BCUT2D eigenvalue weighted by molar-refractivity contribution is 0.484. The second kappa shape index (κ2) is 11.5. The summed E-state index contributed by atoms with van der Waals surface area (Å²) in [6, 6.07) is 27.3. The van der Waals surface area contributed by atoms with Gasteiger partial charge in [-0.25, -0.2) is 0 Å². The first-order chi connectivity index (χ1) is 19.8. The van der Waals surface area contributed by atoms with E-state index in [0.29, 0.717) is 0 Å². The Balaban J connectivity index is 1.46. The van der Waals surface area contributed by atoms with E-state index in [0.717, 1.165) is 22.3 Å². The van der Waals surface area contributed by atoms with Crippen LogP contribution < -0.4 is 8.37 Å². The molecule has 0 bridgehead atoms. The Hall–Kier alpha value is -3.62. The molecular formula is C35H40O6S2. The Labute approximate surface area is 257 Å². The van der Waals surface area contributed by atoms with E-state index in [-0.39, 0.29) is 32.1 Å². The molecule has 6 nitrogen and oxygen atoms in total. The van der Waals surface area contributed by atoms with Crippen LogP contribution in [-0.2, 0) is 36.5 Å². The SMILES string of the molecule is CC(C)(C)c1ccc(S(=O)(=O)Oc2ccc(C(C)(C)c3ccc(OS(=O)(=O)c4ccc(C(C)(C)C)cc4)cc3)cc2)cc1. The van der Waals surface area contributed by atoms with E-state index in [2.05, 4.69) is 41.5 Å². The maximum atomic E-state index is 12.9. The van der Waals surface area contributed by atoms with Crippen LogP contribution in [0.3, 0.4) is 0 Å². The molecule has 0 radical (unpaired) electrons. The van der Waals surface area contributed by atoms with Crippen molar-refractivity contribution < 1.29 is 25.2 Å². The Bertz CT molecular complexity index is 1640. The maximum Gasteiger partial charge on any atom is 0.339 e. The summed E-state index contributed by atoms with van der Waals surface area (Å²) < 4.78 is 62.3. The maximum absolute atomic E-state index is 12.9. The molecule has 0 fully saturated rings. The van der Waals surface area contributed by atoms with Gasteiger partial charge in [0.25, 0.3) is 0 Å². The van der Waals surface area contributed by atoms with Crippen LogP contribution in [0.15, 0.2) is 107 Å². The van der Waals surface area contributed by atoms with Crippen LogP contribution in [0.1, 0.15) is 77.6 Å². The van der Waals surface area contributed by atoms with Gasteiger partial charge in [0.2, 0.25) is 0 Å². The summed E-state index contributed by atoms with van der Waals surface area (Å²) in [4.78, 5) is 0.187. The van der Waals surface area contributed by atoms with Crippen LogP contribution in [0, 0.1) is 0 Å². The van der Waals surface area contributed by atoms with E-state index in [1.807, 2.05) is 38.1 Å². The van der Waals surface area contributed by atoms with Gasteiger partial charge >= 0.3 is 20.2 Å². The van der Waals surface area contributed by atoms with Crippen molar-refractivity contribution in [3.63, 3.8) is 0 Å². The lowest BCUT2D eigenvalue weighted by Gasteiger charge is -2.26. The van der Waals surface area contributed by atoms with Crippen molar-refractivity contribution in [2.24, 2.45) is 0 Å². The van der Waals surface area contributed by atoms with Crippen LogP contribution in [0.4, 0.5) is 0 Å². The van der Waals surface area contributed by atoms with Gasteiger partial charge in [0, 0.05) is 5.41 Å². The zero-order valence-corrected chi connectivity index (χ0v) is 27.6. The fourth-order valence-corrected chi connectivity index (χ4v) is 6.47. The molecule has 43 heavy (non-hydrogen) atoms. The fraction of sp³-hybridized carbons (Fsp3) is 0.314. The van der Waals surface area contributed by atoms with Crippen LogP contribution >= 0.6 is 0 Å². The van der Waals surface area contributed by atoms with E-state index in [1.54, 1.807) is 72.8 Å². The van der Waals surface area contributed by atoms with Crippen LogP contribution in [0.5, 0.6) is 11.5 Å². The summed E-state index contributed by atoms with van der Waals surface area (Å²) in [5, 5.41) is 0. The Morgan fingerprint density at radius 2 is 0.651 bits per heavy atom. The normalized spacial score (nSPS) is 13.0. The standard InChI is InChI=1S/C35H40O6S2/c1-33(2,3)25-13-21-31(22-14-25)42(36,37)40-29-17-9-27(10-18-29)35(7,8)28-11-19-30(20-12-28)41-43(38,39)32-23-15-26(16-24-32)34(4,5)6/h9-24H,1-8H3. The van der Waals surface area contributed by atoms with Gasteiger partial charge in [0.15, 0.2) is 0 Å². The molecule has 228 valence electrons. The molecule has 0 spiro atoms. The lowest BCUT2D eigenvalue weighted by Crippen LogP contribution is -2.19. The summed E-state index contributed by atoms with van der Waals surface area (Å²) in [5.74, 6) is 0.424. The molecule has 0 amide bonds. The molecule has 0 saturated heterocycles. The molecule has 8 heteroatoms. The molecule has 4 rings (SSSR count). The summed E-state index contributed by atoms with van der Waals surface area (Å²) in [7, 11) is -7.98. The quantitative estimate of drug-likeness (QED) is 0.185. The summed E-state index contributed by atoms with van der Waals surface area (Å²) in [6.07, 6.45) is 0. The van der Waals surface area contributed by atoms with Crippen molar-refractivity contribution in [3.8, 4) is 11.5 Å². The minimum absolute atomic E-state index is 0.0875. The van der Waals surface area contributed by atoms with Crippen molar-refractivity contribution in [3.05, 3.63) is 119 Å². The number of hydrogen-bond donors (Lipinski definition) is 0. The Morgan fingerprint density at radius 3 is 0.907 bits per heavy atom. The van der Waals surface area contributed by atoms with Crippen molar-refractivity contribution in [1.82, 2.24) is 0 Å². The average molecular weight is 621 g/mol. The van der Waals surface area contributed by atoms with Gasteiger partial charge in [-0.3, -0.25) is 0 Å². The highest BCUT2D eigenvalue weighted by molar-refractivity contribution is 7.87. The zero-order valence-electron chi connectivity index (χ0n) is 26.0. The first-order valence-electron chi connectivity index (χ1n) is 14.1. The van der Waals surface area contributed by atoms with Crippen LogP contribution in [0.25, 0.3) is 0 Å².